The van der Waals surface area contributed by atoms with E-state index in [1.54, 1.807) is 6.20 Å². The average molecular weight is 393 g/mol. The first-order chi connectivity index (χ1) is 14.0. The molecule has 1 amide bonds. The van der Waals surface area contributed by atoms with Gasteiger partial charge in [0.15, 0.2) is 5.69 Å². The SMILES string of the molecule is CN1CCC2(CC1)CC(NC(=O)c1n[nH]c3ccc(-c4cncc(F)c4)cc13)C2. The molecule has 2 aromatic heterocycles. The highest BCUT2D eigenvalue weighted by atomic mass is 19.1. The van der Waals surface area contributed by atoms with Crippen molar-refractivity contribution in [2.45, 2.75) is 31.7 Å². The number of carbonyl (C=O) groups excluding carboxylic acids is 1. The van der Waals surface area contributed by atoms with E-state index in [1.165, 1.54) is 25.1 Å². The van der Waals surface area contributed by atoms with Gasteiger partial charge < -0.3 is 10.2 Å². The lowest BCUT2D eigenvalue weighted by Crippen LogP contribution is -2.54. The van der Waals surface area contributed by atoms with Crippen molar-refractivity contribution in [2.24, 2.45) is 5.41 Å². The standard InChI is InChI=1S/C22H24FN5O/c1-28-6-4-22(5-7-28)10-17(11-22)25-21(29)20-18-9-14(2-3-19(18)26-27-20)15-8-16(23)13-24-12-15/h2-3,8-9,12-13,17H,4-7,10-11H2,1H3,(H,25,29)(H,26,27). The third kappa shape index (κ3) is 3.40. The van der Waals surface area contributed by atoms with Crippen LogP contribution in [0.25, 0.3) is 22.0 Å². The van der Waals surface area contributed by atoms with Crippen LogP contribution in [0.3, 0.4) is 0 Å². The molecule has 0 bridgehead atoms. The van der Waals surface area contributed by atoms with E-state index in [4.69, 9.17) is 0 Å². The highest BCUT2D eigenvalue weighted by molar-refractivity contribution is 6.05. The van der Waals surface area contributed by atoms with Crippen LogP contribution in [-0.4, -0.2) is 52.2 Å². The maximum atomic E-state index is 13.5. The zero-order chi connectivity index (χ0) is 20.0. The number of benzene rings is 1. The molecule has 0 unspecified atom stereocenters. The number of hydrogen-bond donors (Lipinski definition) is 2. The van der Waals surface area contributed by atoms with Crippen LogP contribution in [0.4, 0.5) is 4.39 Å². The minimum Gasteiger partial charge on any atom is -0.348 e. The molecule has 150 valence electrons. The zero-order valence-electron chi connectivity index (χ0n) is 16.4. The van der Waals surface area contributed by atoms with Crippen LogP contribution in [0.5, 0.6) is 0 Å². The van der Waals surface area contributed by atoms with Gasteiger partial charge in [0.25, 0.3) is 5.91 Å². The summed E-state index contributed by atoms with van der Waals surface area (Å²) in [6, 6.07) is 7.24. The number of nitrogens with one attached hydrogen (secondary N) is 2. The van der Waals surface area contributed by atoms with Gasteiger partial charge in [-0.15, -0.1) is 0 Å². The smallest absolute Gasteiger partial charge is 0.272 e. The first-order valence-electron chi connectivity index (χ1n) is 10.1. The Morgan fingerprint density at radius 3 is 2.76 bits per heavy atom. The Kier molecular flexibility index (Phi) is 4.35. The fourth-order valence-corrected chi connectivity index (χ4v) is 4.78. The molecular formula is C22H24FN5O. The number of hydrogen-bond acceptors (Lipinski definition) is 4. The Hall–Kier alpha value is -2.80. The van der Waals surface area contributed by atoms with Crippen molar-refractivity contribution in [2.75, 3.05) is 20.1 Å². The van der Waals surface area contributed by atoms with Crippen molar-refractivity contribution in [3.8, 4) is 11.1 Å². The topological polar surface area (TPSA) is 73.9 Å². The molecule has 29 heavy (non-hydrogen) atoms. The van der Waals surface area contributed by atoms with Gasteiger partial charge in [0.2, 0.25) is 0 Å². The van der Waals surface area contributed by atoms with Crippen molar-refractivity contribution < 1.29 is 9.18 Å². The predicted molar refractivity (Wildman–Crippen MR) is 109 cm³/mol. The Labute approximate surface area is 168 Å². The molecule has 0 radical (unpaired) electrons. The quantitative estimate of drug-likeness (QED) is 0.716. The molecule has 0 atom stereocenters. The number of aromatic amines is 1. The van der Waals surface area contributed by atoms with E-state index in [1.807, 2.05) is 18.2 Å². The summed E-state index contributed by atoms with van der Waals surface area (Å²) in [5, 5.41) is 11.1. The second-order valence-corrected chi connectivity index (χ2v) is 8.61. The number of likely N-dealkylation sites (tertiary alicyclic amines) is 1. The van der Waals surface area contributed by atoms with Gasteiger partial charge in [0.1, 0.15) is 5.82 Å². The van der Waals surface area contributed by atoms with E-state index in [2.05, 4.69) is 32.4 Å². The monoisotopic (exact) mass is 393 g/mol. The molecule has 7 heteroatoms. The number of nitrogens with zero attached hydrogens (tertiary/aromatic N) is 3. The molecule has 1 aromatic carbocycles. The van der Waals surface area contributed by atoms with E-state index in [9.17, 15) is 9.18 Å². The maximum absolute atomic E-state index is 13.5. The Morgan fingerprint density at radius 1 is 1.21 bits per heavy atom. The molecule has 3 aromatic rings. The van der Waals surface area contributed by atoms with E-state index < -0.39 is 0 Å². The van der Waals surface area contributed by atoms with Crippen LogP contribution in [-0.2, 0) is 0 Å². The first-order valence-corrected chi connectivity index (χ1v) is 10.1. The predicted octanol–water partition coefficient (Wildman–Crippen LogP) is 3.37. The Bertz CT molecular complexity index is 1060. The molecule has 2 fully saturated rings. The maximum Gasteiger partial charge on any atom is 0.272 e. The third-order valence-electron chi connectivity index (χ3n) is 6.56. The van der Waals surface area contributed by atoms with Gasteiger partial charge >= 0.3 is 0 Å². The highest BCUT2D eigenvalue weighted by Gasteiger charge is 2.45. The molecular weight excluding hydrogens is 369 g/mol. The van der Waals surface area contributed by atoms with E-state index in [0.29, 0.717) is 16.7 Å². The fraction of sp³-hybridized carbons (Fsp3) is 0.409. The molecule has 1 aliphatic carbocycles. The summed E-state index contributed by atoms with van der Waals surface area (Å²) in [5.74, 6) is -0.542. The summed E-state index contributed by atoms with van der Waals surface area (Å²) >= 11 is 0. The van der Waals surface area contributed by atoms with Gasteiger partial charge in [-0.1, -0.05) is 6.07 Å². The summed E-state index contributed by atoms with van der Waals surface area (Å²) in [6.07, 6.45) is 7.32. The lowest BCUT2D eigenvalue weighted by molar-refractivity contribution is 0.0138. The molecule has 5 rings (SSSR count). The van der Waals surface area contributed by atoms with E-state index >= 15 is 0 Å². The highest BCUT2D eigenvalue weighted by Crippen LogP contribution is 2.48. The number of H-pyrrole nitrogens is 1. The molecule has 1 aliphatic heterocycles. The summed E-state index contributed by atoms with van der Waals surface area (Å²) < 4.78 is 13.5. The number of pyridine rings is 1. The number of fused-ring (bicyclic) bond motifs is 1. The number of rotatable bonds is 3. The van der Waals surface area contributed by atoms with E-state index in [-0.39, 0.29) is 17.8 Å². The first kappa shape index (κ1) is 18.2. The van der Waals surface area contributed by atoms with Crippen molar-refractivity contribution in [3.05, 3.63) is 48.2 Å². The summed E-state index contributed by atoms with van der Waals surface area (Å²) in [5.41, 5.74) is 3.05. The summed E-state index contributed by atoms with van der Waals surface area (Å²) in [7, 11) is 2.17. The number of halogens is 1. The van der Waals surface area contributed by atoms with Crippen molar-refractivity contribution in [1.82, 2.24) is 25.4 Å². The molecule has 1 spiro atoms. The van der Waals surface area contributed by atoms with Gasteiger partial charge in [0, 0.05) is 23.2 Å². The lowest BCUT2D eigenvalue weighted by Gasteiger charge is -2.51. The van der Waals surface area contributed by atoms with Gasteiger partial charge in [-0.3, -0.25) is 14.9 Å². The average Bonchev–Trinajstić information content (AvgIpc) is 3.12. The molecule has 1 saturated carbocycles. The third-order valence-corrected chi connectivity index (χ3v) is 6.56. The minimum absolute atomic E-state index is 0.154. The van der Waals surface area contributed by atoms with Gasteiger partial charge in [-0.2, -0.15) is 5.10 Å². The van der Waals surface area contributed by atoms with Gasteiger partial charge in [0.05, 0.1) is 11.7 Å². The molecule has 2 N–H and O–H groups in total. The largest absolute Gasteiger partial charge is 0.348 e. The van der Waals surface area contributed by atoms with Crippen LogP contribution in [0.15, 0.2) is 36.7 Å². The Balaban J connectivity index is 1.32. The van der Waals surface area contributed by atoms with Crippen molar-refractivity contribution >= 4 is 16.8 Å². The fourth-order valence-electron chi connectivity index (χ4n) is 4.78. The molecule has 6 nitrogen and oxygen atoms in total. The number of aromatic nitrogens is 3. The zero-order valence-corrected chi connectivity index (χ0v) is 16.4. The summed E-state index contributed by atoms with van der Waals surface area (Å²) in [4.78, 5) is 19.2. The lowest BCUT2D eigenvalue weighted by atomic mass is 9.60. The van der Waals surface area contributed by atoms with E-state index in [0.717, 1.165) is 42.4 Å². The number of carbonyl (C=O) groups is 1. The number of piperidine rings is 1. The number of amides is 1. The van der Waals surface area contributed by atoms with Crippen molar-refractivity contribution in [3.63, 3.8) is 0 Å². The van der Waals surface area contributed by atoms with Crippen LogP contribution < -0.4 is 5.32 Å². The summed E-state index contributed by atoms with van der Waals surface area (Å²) in [6.45, 7) is 2.28. The molecule has 3 heterocycles. The minimum atomic E-state index is -0.388. The normalized spacial score (nSPS) is 19.4. The second kappa shape index (κ2) is 6.91. The van der Waals surface area contributed by atoms with Crippen LogP contribution >= 0.6 is 0 Å². The van der Waals surface area contributed by atoms with Gasteiger partial charge in [-0.25, -0.2) is 4.39 Å². The van der Waals surface area contributed by atoms with Crippen molar-refractivity contribution in [1.29, 1.82) is 0 Å². The van der Waals surface area contributed by atoms with Crippen LogP contribution in [0.2, 0.25) is 0 Å². The second-order valence-electron chi connectivity index (χ2n) is 8.61. The van der Waals surface area contributed by atoms with Crippen LogP contribution in [0, 0.1) is 11.2 Å². The van der Waals surface area contributed by atoms with Gasteiger partial charge in [-0.05, 0) is 75.0 Å². The molecule has 1 saturated heterocycles. The van der Waals surface area contributed by atoms with Crippen LogP contribution in [0.1, 0.15) is 36.2 Å². The Morgan fingerprint density at radius 2 is 2.00 bits per heavy atom. The molecule has 2 aliphatic rings.